The van der Waals surface area contributed by atoms with Crippen molar-refractivity contribution >= 4 is 34.4 Å². The second kappa shape index (κ2) is 6.52. The summed E-state index contributed by atoms with van der Waals surface area (Å²) in [6.45, 7) is 6.22. The Bertz CT molecular complexity index is 628. The molecule has 0 unspecified atom stereocenters. The van der Waals surface area contributed by atoms with E-state index in [0.717, 1.165) is 12.0 Å². The average molecular weight is 288 g/mol. The van der Waals surface area contributed by atoms with E-state index < -0.39 is 0 Å². The summed E-state index contributed by atoms with van der Waals surface area (Å²) in [5.41, 5.74) is 6.36. The molecule has 0 amide bonds. The molecule has 0 saturated carbocycles. The molecule has 0 aliphatic carbocycles. The number of thiocarbonyl (C=S) groups is 1. The van der Waals surface area contributed by atoms with Crippen molar-refractivity contribution in [3.63, 3.8) is 0 Å². The minimum Gasteiger partial charge on any atom is -0.360 e. The number of benzene rings is 1. The van der Waals surface area contributed by atoms with E-state index in [9.17, 15) is 0 Å². The van der Waals surface area contributed by atoms with Crippen LogP contribution in [0.4, 0.5) is 0 Å². The zero-order valence-corrected chi connectivity index (χ0v) is 12.8. The molecule has 0 saturated heterocycles. The molecule has 0 fully saturated rings. The predicted molar refractivity (Wildman–Crippen MR) is 89.3 cm³/mol. The van der Waals surface area contributed by atoms with Gasteiger partial charge in [-0.05, 0) is 38.0 Å². The predicted octanol–water partition coefficient (Wildman–Crippen LogP) is 2.94. The van der Waals surface area contributed by atoms with Crippen molar-refractivity contribution in [2.24, 2.45) is 5.10 Å². The molecule has 2 aromatic rings. The van der Waals surface area contributed by atoms with E-state index in [4.69, 9.17) is 12.2 Å². The smallest absolute Gasteiger partial charge is 0.187 e. The number of aromatic amines is 1. The average Bonchev–Trinajstić information content (AvgIpc) is 2.81. The number of H-pyrrole nitrogens is 1. The lowest BCUT2D eigenvalue weighted by Crippen LogP contribution is -2.36. The Hall–Kier alpha value is -1.88. The summed E-state index contributed by atoms with van der Waals surface area (Å²) >= 11 is 5.12. The molecule has 4 nitrogen and oxygen atoms in total. The van der Waals surface area contributed by atoms with Crippen LogP contribution in [-0.4, -0.2) is 22.4 Å². The van der Waals surface area contributed by atoms with Gasteiger partial charge in [0.25, 0.3) is 0 Å². The first kappa shape index (κ1) is 14.5. The quantitative estimate of drug-likeness (QED) is 0.460. The molecule has 0 aliphatic heterocycles. The first-order valence-corrected chi connectivity index (χ1v) is 7.21. The minimum atomic E-state index is 0.297. The van der Waals surface area contributed by atoms with Gasteiger partial charge in [-0.1, -0.05) is 25.1 Å². The standard InChI is InChI=1S/C15H20N4S/c1-4-11-6-5-7-13-12(8-16-14(11)13)9-17-19-15(20)18-10(2)3/h5-10,16H,4H2,1-3H3,(H2,18,19,20)/b17-9+. The molecule has 5 heteroatoms. The van der Waals surface area contributed by atoms with Gasteiger partial charge in [0.1, 0.15) is 0 Å². The van der Waals surface area contributed by atoms with Crippen molar-refractivity contribution < 1.29 is 0 Å². The molecule has 1 aromatic heterocycles. The zero-order chi connectivity index (χ0) is 14.5. The van der Waals surface area contributed by atoms with Gasteiger partial charge in [-0.25, -0.2) is 0 Å². The largest absolute Gasteiger partial charge is 0.360 e. The van der Waals surface area contributed by atoms with Crippen LogP contribution in [0.25, 0.3) is 10.9 Å². The third kappa shape index (κ3) is 3.36. The van der Waals surface area contributed by atoms with Crippen molar-refractivity contribution in [3.8, 4) is 0 Å². The Morgan fingerprint density at radius 1 is 1.45 bits per heavy atom. The van der Waals surface area contributed by atoms with E-state index in [1.165, 1.54) is 16.5 Å². The van der Waals surface area contributed by atoms with Gasteiger partial charge < -0.3 is 10.3 Å². The van der Waals surface area contributed by atoms with Crippen LogP contribution in [0.15, 0.2) is 29.5 Å². The lowest BCUT2D eigenvalue weighted by Gasteiger charge is -2.09. The Morgan fingerprint density at radius 2 is 2.25 bits per heavy atom. The number of para-hydroxylation sites is 1. The van der Waals surface area contributed by atoms with E-state index in [0.29, 0.717) is 11.2 Å². The van der Waals surface area contributed by atoms with Crippen molar-refractivity contribution in [1.82, 2.24) is 15.7 Å². The number of hydrazone groups is 1. The summed E-state index contributed by atoms with van der Waals surface area (Å²) in [6.07, 6.45) is 4.76. The molecule has 1 aromatic carbocycles. The van der Waals surface area contributed by atoms with Crippen molar-refractivity contribution in [2.45, 2.75) is 33.2 Å². The third-order valence-electron chi connectivity index (χ3n) is 3.00. The fraction of sp³-hybridized carbons (Fsp3) is 0.333. The number of nitrogens with one attached hydrogen (secondary N) is 3. The first-order valence-electron chi connectivity index (χ1n) is 6.80. The molecule has 20 heavy (non-hydrogen) atoms. The molecule has 0 radical (unpaired) electrons. The minimum absolute atomic E-state index is 0.297. The number of fused-ring (bicyclic) bond motifs is 1. The van der Waals surface area contributed by atoms with Gasteiger partial charge in [0.05, 0.1) is 6.21 Å². The van der Waals surface area contributed by atoms with Gasteiger partial charge in [0.2, 0.25) is 0 Å². The van der Waals surface area contributed by atoms with E-state index in [2.05, 4.69) is 46.0 Å². The number of hydrogen-bond donors (Lipinski definition) is 3. The van der Waals surface area contributed by atoms with Crippen LogP contribution >= 0.6 is 12.2 Å². The van der Waals surface area contributed by atoms with Crippen LogP contribution < -0.4 is 10.7 Å². The maximum absolute atomic E-state index is 5.12. The summed E-state index contributed by atoms with van der Waals surface area (Å²) < 4.78 is 0. The summed E-state index contributed by atoms with van der Waals surface area (Å²) in [7, 11) is 0. The van der Waals surface area contributed by atoms with Gasteiger partial charge in [0, 0.05) is 28.7 Å². The van der Waals surface area contributed by atoms with Crippen molar-refractivity contribution in [3.05, 3.63) is 35.5 Å². The van der Waals surface area contributed by atoms with Crippen LogP contribution in [0.3, 0.4) is 0 Å². The second-order valence-corrected chi connectivity index (χ2v) is 5.34. The second-order valence-electron chi connectivity index (χ2n) is 4.94. The fourth-order valence-electron chi connectivity index (χ4n) is 2.10. The molecule has 3 N–H and O–H groups in total. The molecule has 2 rings (SSSR count). The third-order valence-corrected chi connectivity index (χ3v) is 3.21. The SMILES string of the molecule is CCc1cccc2c(/C=N/NC(=S)NC(C)C)c[nH]c12. The van der Waals surface area contributed by atoms with Crippen LogP contribution in [0.1, 0.15) is 31.9 Å². The number of aromatic nitrogens is 1. The molecular weight excluding hydrogens is 268 g/mol. The fourth-order valence-corrected chi connectivity index (χ4v) is 2.38. The van der Waals surface area contributed by atoms with Crippen LogP contribution in [0.5, 0.6) is 0 Å². The zero-order valence-electron chi connectivity index (χ0n) is 12.0. The lowest BCUT2D eigenvalue weighted by atomic mass is 10.1. The lowest BCUT2D eigenvalue weighted by molar-refractivity contribution is 0.720. The Morgan fingerprint density at radius 3 is 2.95 bits per heavy atom. The molecule has 0 spiro atoms. The van der Waals surface area contributed by atoms with E-state index in [-0.39, 0.29) is 0 Å². The van der Waals surface area contributed by atoms with Gasteiger partial charge >= 0.3 is 0 Å². The number of rotatable bonds is 4. The van der Waals surface area contributed by atoms with Crippen molar-refractivity contribution in [2.75, 3.05) is 0 Å². The highest BCUT2D eigenvalue weighted by molar-refractivity contribution is 7.80. The van der Waals surface area contributed by atoms with E-state index in [1.54, 1.807) is 6.21 Å². The Kier molecular flexibility index (Phi) is 4.74. The highest BCUT2D eigenvalue weighted by Gasteiger charge is 2.04. The molecule has 0 atom stereocenters. The summed E-state index contributed by atoms with van der Waals surface area (Å²) in [4.78, 5) is 3.31. The Labute approximate surface area is 124 Å². The van der Waals surface area contributed by atoms with Gasteiger partial charge in [-0.3, -0.25) is 5.43 Å². The topological polar surface area (TPSA) is 52.2 Å². The van der Waals surface area contributed by atoms with Crippen LogP contribution in [0.2, 0.25) is 0 Å². The molecule has 0 bridgehead atoms. The van der Waals surface area contributed by atoms with Gasteiger partial charge in [-0.15, -0.1) is 0 Å². The molecular formula is C15H20N4S. The number of hydrogen-bond acceptors (Lipinski definition) is 2. The van der Waals surface area contributed by atoms with Gasteiger partial charge in [-0.2, -0.15) is 5.10 Å². The molecule has 106 valence electrons. The number of nitrogens with zero attached hydrogens (tertiary/aromatic N) is 1. The van der Waals surface area contributed by atoms with E-state index >= 15 is 0 Å². The molecule has 1 heterocycles. The highest BCUT2D eigenvalue weighted by Crippen LogP contribution is 2.20. The summed E-state index contributed by atoms with van der Waals surface area (Å²) in [5.74, 6) is 0. The highest BCUT2D eigenvalue weighted by atomic mass is 32.1. The maximum atomic E-state index is 5.12. The normalized spacial score (nSPS) is 11.4. The maximum Gasteiger partial charge on any atom is 0.187 e. The van der Waals surface area contributed by atoms with E-state index in [1.807, 2.05) is 20.0 Å². The number of aryl methyl sites for hydroxylation is 1. The Balaban J connectivity index is 2.12. The van der Waals surface area contributed by atoms with Crippen molar-refractivity contribution in [1.29, 1.82) is 0 Å². The summed E-state index contributed by atoms with van der Waals surface area (Å²) in [6, 6.07) is 6.60. The van der Waals surface area contributed by atoms with Gasteiger partial charge in [0.15, 0.2) is 5.11 Å². The summed E-state index contributed by atoms with van der Waals surface area (Å²) in [5, 5.41) is 8.96. The first-order chi connectivity index (χ1) is 9.61. The monoisotopic (exact) mass is 288 g/mol. The van der Waals surface area contributed by atoms with Crippen LogP contribution in [0, 0.1) is 0 Å². The molecule has 0 aliphatic rings. The van der Waals surface area contributed by atoms with Crippen LogP contribution in [-0.2, 0) is 6.42 Å².